The minimum Gasteiger partial charge on any atom is -0.460 e. The molecule has 68 valence electrons. The van der Waals surface area contributed by atoms with Gasteiger partial charge in [0.15, 0.2) is 0 Å². The van der Waals surface area contributed by atoms with Gasteiger partial charge in [-0.15, -0.1) is 0 Å². The molecule has 1 aromatic heterocycles. The highest BCUT2D eigenvalue weighted by atomic mass is 79.9. The predicted octanol–water partition coefficient (Wildman–Crippen LogP) is 4.15. The monoisotopic (exact) mass is 238 g/mol. The molecule has 0 aliphatic carbocycles. The zero-order valence-electron chi connectivity index (χ0n) is 7.51. The highest BCUT2D eigenvalue weighted by molar-refractivity contribution is 9.10. The van der Waals surface area contributed by atoms with Crippen molar-refractivity contribution in [1.29, 1.82) is 0 Å². The quantitative estimate of drug-likeness (QED) is 0.767. The van der Waals surface area contributed by atoms with Crippen molar-refractivity contribution < 1.29 is 4.42 Å². The lowest BCUT2D eigenvalue weighted by Crippen LogP contribution is -1.77. The lowest BCUT2D eigenvalue weighted by molar-refractivity contribution is 0.542. The maximum atomic E-state index is 5.69. The number of hydrogen-bond acceptors (Lipinski definition) is 1. The summed E-state index contributed by atoms with van der Waals surface area (Å²) in [6.07, 6.45) is 2.10. The van der Waals surface area contributed by atoms with Gasteiger partial charge in [-0.3, -0.25) is 0 Å². The number of aryl methyl sites for hydroxylation is 1. The van der Waals surface area contributed by atoms with E-state index in [1.807, 2.05) is 18.2 Å². The lowest BCUT2D eigenvalue weighted by Gasteiger charge is -1.90. The van der Waals surface area contributed by atoms with E-state index in [0.29, 0.717) is 0 Å². The summed E-state index contributed by atoms with van der Waals surface area (Å²) in [6, 6.07) is 8.09. The lowest BCUT2D eigenvalue weighted by atomic mass is 10.2. The summed E-state index contributed by atoms with van der Waals surface area (Å²) in [5.41, 5.74) is 0.970. The summed E-state index contributed by atoms with van der Waals surface area (Å²) >= 11 is 3.56. The molecule has 0 saturated carbocycles. The Morgan fingerprint density at radius 1 is 1.31 bits per heavy atom. The number of benzene rings is 1. The first-order valence-corrected chi connectivity index (χ1v) is 5.28. The van der Waals surface area contributed by atoms with E-state index in [9.17, 15) is 0 Å². The summed E-state index contributed by atoms with van der Waals surface area (Å²) in [5, 5.41) is 1.17. The molecule has 0 N–H and O–H groups in total. The summed E-state index contributed by atoms with van der Waals surface area (Å²) in [7, 11) is 0. The normalized spacial score (nSPS) is 10.9. The maximum Gasteiger partial charge on any atom is 0.135 e. The third-order valence-electron chi connectivity index (χ3n) is 2.08. The Morgan fingerprint density at radius 3 is 2.77 bits per heavy atom. The van der Waals surface area contributed by atoms with Crippen molar-refractivity contribution in [2.75, 3.05) is 0 Å². The Hall–Kier alpha value is -0.760. The van der Waals surface area contributed by atoms with Gasteiger partial charge in [-0.25, -0.2) is 0 Å². The Morgan fingerprint density at radius 2 is 2.08 bits per heavy atom. The fourth-order valence-electron chi connectivity index (χ4n) is 1.45. The van der Waals surface area contributed by atoms with Crippen LogP contribution in [0.5, 0.6) is 0 Å². The van der Waals surface area contributed by atoms with Gasteiger partial charge in [-0.2, -0.15) is 0 Å². The number of fused-ring (bicyclic) bond motifs is 1. The van der Waals surface area contributed by atoms with Crippen LogP contribution in [-0.4, -0.2) is 0 Å². The first-order valence-electron chi connectivity index (χ1n) is 4.49. The van der Waals surface area contributed by atoms with Crippen molar-refractivity contribution in [3.63, 3.8) is 0 Å². The molecule has 0 amide bonds. The molecular weight excluding hydrogens is 228 g/mol. The van der Waals surface area contributed by atoms with E-state index in [4.69, 9.17) is 4.42 Å². The van der Waals surface area contributed by atoms with E-state index in [1.54, 1.807) is 0 Å². The number of rotatable bonds is 2. The highest BCUT2D eigenvalue weighted by Crippen LogP contribution is 2.31. The van der Waals surface area contributed by atoms with Crippen LogP contribution in [0, 0.1) is 0 Å². The van der Waals surface area contributed by atoms with Gasteiger partial charge in [0.1, 0.15) is 11.3 Å². The minimum absolute atomic E-state index is 0.970. The van der Waals surface area contributed by atoms with Crippen LogP contribution in [-0.2, 0) is 6.42 Å². The molecule has 0 aliphatic rings. The summed E-state index contributed by atoms with van der Waals surface area (Å²) in [6.45, 7) is 2.15. The van der Waals surface area contributed by atoms with Gasteiger partial charge < -0.3 is 4.42 Å². The van der Waals surface area contributed by atoms with Crippen LogP contribution in [0.2, 0.25) is 0 Å². The van der Waals surface area contributed by atoms with Gasteiger partial charge in [0.25, 0.3) is 0 Å². The van der Waals surface area contributed by atoms with Crippen LogP contribution in [0.4, 0.5) is 0 Å². The average Bonchev–Trinajstić information content (AvgIpc) is 2.46. The molecule has 0 atom stereocenters. The Balaban J connectivity index is 2.60. The van der Waals surface area contributed by atoms with E-state index in [1.165, 1.54) is 5.39 Å². The zero-order valence-corrected chi connectivity index (χ0v) is 9.10. The first kappa shape index (κ1) is 8.82. The number of halogens is 1. The second-order valence-corrected chi connectivity index (χ2v) is 3.88. The Labute approximate surface area is 85.9 Å². The van der Waals surface area contributed by atoms with Gasteiger partial charge in [-0.1, -0.05) is 19.1 Å². The van der Waals surface area contributed by atoms with Crippen molar-refractivity contribution in [2.45, 2.75) is 19.8 Å². The van der Waals surface area contributed by atoms with Crippen molar-refractivity contribution in [1.82, 2.24) is 0 Å². The largest absolute Gasteiger partial charge is 0.460 e. The number of para-hydroxylation sites is 1. The van der Waals surface area contributed by atoms with Crippen molar-refractivity contribution in [2.24, 2.45) is 0 Å². The van der Waals surface area contributed by atoms with E-state index >= 15 is 0 Å². The molecule has 13 heavy (non-hydrogen) atoms. The topological polar surface area (TPSA) is 13.1 Å². The SMILES string of the molecule is CCCc1oc2ccccc2c1Br. The molecule has 0 bridgehead atoms. The van der Waals surface area contributed by atoms with Crippen molar-refractivity contribution in [3.8, 4) is 0 Å². The molecule has 0 unspecified atom stereocenters. The number of furan rings is 1. The molecule has 0 aliphatic heterocycles. The van der Waals surface area contributed by atoms with Gasteiger partial charge in [0, 0.05) is 11.8 Å². The van der Waals surface area contributed by atoms with Crippen LogP contribution in [0.25, 0.3) is 11.0 Å². The van der Waals surface area contributed by atoms with E-state index in [2.05, 4.69) is 28.9 Å². The van der Waals surface area contributed by atoms with Crippen LogP contribution in [0.3, 0.4) is 0 Å². The van der Waals surface area contributed by atoms with Gasteiger partial charge in [0.05, 0.1) is 4.47 Å². The molecule has 0 fully saturated rings. The van der Waals surface area contributed by atoms with Crippen LogP contribution in [0.1, 0.15) is 19.1 Å². The number of hydrogen-bond donors (Lipinski definition) is 0. The first-order chi connectivity index (χ1) is 6.33. The summed E-state index contributed by atoms with van der Waals surface area (Å²) in [4.78, 5) is 0. The molecule has 2 heteroatoms. The minimum atomic E-state index is 0.970. The van der Waals surface area contributed by atoms with Gasteiger partial charge in [0.2, 0.25) is 0 Å². The second kappa shape index (κ2) is 3.54. The van der Waals surface area contributed by atoms with E-state index in [-0.39, 0.29) is 0 Å². The molecule has 1 heterocycles. The zero-order chi connectivity index (χ0) is 9.26. The Kier molecular flexibility index (Phi) is 2.40. The van der Waals surface area contributed by atoms with Crippen molar-refractivity contribution >= 4 is 26.9 Å². The molecule has 1 aromatic carbocycles. The maximum absolute atomic E-state index is 5.69. The van der Waals surface area contributed by atoms with Crippen LogP contribution in [0.15, 0.2) is 33.2 Å². The van der Waals surface area contributed by atoms with E-state index < -0.39 is 0 Å². The summed E-state index contributed by atoms with van der Waals surface area (Å²) < 4.78 is 6.81. The molecule has 0 radical (unpaired) electrons. The third-order valence-corrected chi connectivity index (χ3v) is 2.95. The van der Waals surface area contributed by atoms with Gasteiger partial charge >= 0.3 is 0 Å². The van der Waals surface area contributed by atoms with Gasteiger partial charge in [-0.05, 0) is 34.5 Å². The molecule has 2 rings (SSSR count). The Bertz CT molecular complexity index is 417. The molecular formula is C11H11BrO. The fourth-order valence-corrected chi connectivity index (χ4v) is 2.06. The second-order valence-electron chi connectivity index (χ2n) is 3.09. The standard InChI is InChI=1S/C11H11BrO/c1-2-5-10-11(12)8-6-3-4-7-9(8)13-10/h3-4,6-7H,2,5H2,1H3. The molecule has 0 saturated heterocycles. The fraction of sp³-hybridized carbons (Fsp3) is 0.273. The van der Waals surface area contributed by atoms with Crippen LogP contribution < -0.4 is 0 Å². The predicted molar refractivity (Wildman–Crippen MR) is 57.9 cm³/mol. The molecule has 1 nitrogen and oxygen atoms in total. The smallest absolute Gasteiger partial charge is 0.135 e. The molecule has 0 spiro atoms. The van der Waals surface area contributed by atoms with Crippen LogP contribution >= 0.6 is 15.9 Å². The van der Waals surface area contributed by atoms with Crippen molar-refractivity contribution in [3.05, 3.63) is 34.5 Å². The highest BCUT2D eigenvalue weighted by Gasteiger charge is 2.09. The molecule has 2 aromatic rings. The third kappa shape index (κ3) is 1.51. The summed E-state index contributed by atoms with van der Waals surface area (Å²) in [5.74, 6) is 1.06. The van der Waals surface area contributed by atoms with E-state index in [0.717, 1.165) is 28.7 Å². The average molecular weight is 239 g/mol.